The van der Waals surface area contributed by atoms with Crippen LogP contribution in [0.3, 0.4) is 0 Å². The van der Waals surface area contributed by atoms with E-state index in [1.165, 1.54) is 16.7 Å². The van der Waals surface area contributed by atoms with E-state index in [1.807, 2.05) is 6.21 Å². The van der Waals surface area contributed by atoms with Gasteiger partial charge in [0.2, 0.25) is 0 Å². The molecule has 0 saturated heterocycles. The van der Waals surface area contributed by atoms with E-state index < -0.39 is 0 Å². The van der Waals surface area contributed by atoms with Gasteiger partial charge in [-0.2, -0.15) is 0 Å². The molecule has 29 heavy (non-hydrogen) atoms. The molecule has 1 saturated carbocycles. The van der Waals surface area contributed by atoms with E-state index in [-0.39, 0.29) is 5.91 Å². The Hall–Kier alpha value is -2.62. The van der Waals surface area contributed by atoms with Crippen molar-refractivity contribution in [3.8, 4) is 5.69 Å². The minimum absolute atomic E-state index is 0.212. The van der Waals surface area contributed by atoms with Gasteiger partial charge < -0.3 is 9.47 Å². The number of amides is 1. The SMILES string of the molecule is Cc1ccccc1-n1c(C)cc(C(=O)N(C2CC2)C2CCC3=C(C=NC3)C2)c1C. The van der Waals surface area contributed by atoms with Crippen LogP contribution in [0.25, 0.3) is 5.69 Å². The number of aryl methyl sites for hydroxylation is 2. The number of hydrogen-bond donors (Lipinski definition) is 0. The topological polar surface area (TPSA) is 37.6 Å². The number of carbonyl (C=O) groups is 1. The maximum atomic E-state index is 13.8. The maximum absolute atomic E-state index is 13.8. The molecular weight excluding hydrogens is 358 g/mol. The molecule has 2 aromatic rings. The molecule has 1 aromatic heterocycles. The molecule has 0 spiro atoms. The Labute approximate surface area is 172 Å². The first-order valence-electron chi connectivity index (χ1n) is 10.8. The summed E-state index contributed by atoms with van der Waals surface area (Å²) in [5.41, 5.74) is 8.27. The lowest BCUT2D eigenvalue weighted by atomic mass is 9.88. The van der Waals surface area contributed by atoms with E-state index in [0.717, 1.165) is 61.3 Å². The summed E-state index contributed by atoms with van der Waals surface area (Å²) in [4.78, 5) is 20.5. The first-order chi connectivity index (χ1) is 14.0. The van der Waals surface area contributed by atoms with Gasteiger partial charge in [0.25, 0.3) is 5.91 Å². The first-order valence-corrected chi connectivity index (χ1v) is 10.8. The van der Waals surface area contributed by atoms with Crippen LogP contribution >= 0.6 is 0 Å². The summed E-state index contributed by atoms with van der Waals surface area (Å²) >= 11 is 0. The highest BCUT2D eigenvalue weighted by Gasteiger charge is 2.40. The van der Waals surface area contributed by atoms with Crippen molar-refractivity contribution in [3.63, 3.8) is 0 Å². The zero-order valence-corrected chi connectivity index (χ0v) is 17.6. The van der Waals surface area contributed by atoms with Crippen molar-refractivity contribution in [2.45, 2.75) is 65.0 Å². The molecule has 4 heteroatoms. The van der Waals surface area contributed by atoms with Gasteiger partial charge in [-0.3, -0.25) is 9.79 Å². The van der Waals surface area contributed by atoms with Gasteiger partial charge in [-0.05, 0) is 81.7 Å². The molecule has 4 nitrogen and oxygen atoms in total. The summed E-state index contributed by atoms with van der Waals surface area (Å²) in [5.74, 6) is 0.212. The first kappa shape index (κ1) is 18.4. The van der Waals surface area contributed by atoms with Gasteiger partial charge in [0, 0.05) is 35.4 Å². The van der Waals surface area contributed by atoms with Crippen molar-refractivity contribution in [1.82, 2.24) is 9.47 Å². The molecule has 1 unspecified atom stereocenters. The molecule has 150 valence electrons. The van der Waals surface area contributed by atoms with Crippen molar-refractivity contribution in [1.29, 1.82) is 0 Å². The fraction of sp³-hybridized carbons (Fsp3) is 0.440. The van der Waals surface area contributed by atoms with Crippen LogP contribution in [0.2, 0.25) is 0 Å². The summed E-state index contributed by atoms with van der Waals surface area (Å²) in [6.45, 7) is 7.19. The summed E-state index contributed by atoms with van der Waals surface area (Å²) in [7, 11) is 0. The second-order valence-electron chi connectivity index (χ2n) is 8.85. The Morgan fingerprint density at radius 2 is 1.90 bits per heavy atom. The third kappa shape index (κ3) is 3.15. The second-order valence-corrected chi connectivity index (χ2v) is 8.85. The molecule has 1 atom stereocenters. The Balaban J connectivity index is 1.49. The minimum atomic E-state index is 0.212. The highest BCUT2D eigenvalue weighted by molar-refractivity contribution is 5.97. The number of nitrogens with zero attached hydrogens (tertiary/aromatic N) is 3. The lowest BCUT2D eigenvalue weighted by Gasteiger charge is -2.35. The zero-order valence-electron chi connectivity index (χ0n) is 17.6. The number of hydrogen-bond acceptors (Lipinski definition) is 2. The average molecular weight is 388 g/mol. The predicted octanol–water partition coefficient (Wildman–Crippen LogP) is 4.94. The molecular formula is C25H29N3O. The molecule has 1 aromatic carbocycles. The number of rotatable bonds is 4. The monoisotopic (exact) mass is 387 g/mol. The standard InChI is InChI=1S/C25H29N3O/c1-16-6-4-5-7-24(16)27-17(2)12-23(18(27)3)25(29)28(21-10-11-21)22-9-8-19-14-26-15-20(19)13-22/h4-7,12,15,21-22H,8-11,13-14H2,1-3H3. The molecule has 3 aliphatic rings. The van der Waals surface area contributed by atoms with Gasteiger partial charge in [-0.15, -0.1) is 0 Å². The average Bonchev–Trinajstić information content (AvgIpc) is 3.34. The Morgan fingerprint density at radius 1 is 1.10 bits per heavy atom. The number of benzene rings is 1. The van der Waals surface area contributed by atoms with Crippen molar-refractivity contribution >= 4 is 12.1 Å². The normalized spacial score (nSPS) is 20.9. The van der Waals surface area contributed by atoms with Crippen LogP contribution in [0.15, 0.2) is 46.5 Å². The maximum Gasteiger partial charge on any atom is 0.256 e. The van der Waals surface area contributed by atoms with Crippen LogP contribution in [-0.2, 0) is 0 Å². The van der Waals surface area contributed by atoms with Crippen LogP contribution in [0.4, 0.5) is 0 Å². The van der Waals surface area contributed by atoms with Crippen LogP contribution in [0.1, 0.15) is 59.4 Å². The van der Waals surface area contributed by atoms with E-state index in [4.69, 9.17) is 0 Å². The fourth-order valence-corrected chi connectivity index (χ4v) is 5.12. The molecule has 1 aliphatic heterocycles. The van der Waals surface area contributed by atoms with Crippen LogP contribution in [-0.4, -0.2) is 40.2 Å². The summed E-state index contributed by atoms with van der Waals surface area (Å²) in [5, 5.41) is 0. The van der Waals surface area contributed by atoms with E-state index in [0.29, 0.717) is 12.1 Å². The highest BCUT2D eigenvalue weighted by Crippen LogP contribution is 2.38. The molecule has 0 bridgehead atoms. The lowest BCUT2D eigenvalue weighted by Crippen LogP contribution is -2.43. The van der Waals surface area contributed by atoms with E-state index in [9.17, 15) is 4.79 Å². The summed E-state index contributed by atoms with van der Waals surface area (Å²) < 4.78 is 2.23. The second kappa shape index (κ2) is 7.01. The van der Waals surface area contributed by atoms with Crippen molar-refractivity contribution in [3.05, 3.63) is 64.0 Å². The van der Waals surface area contributed by atoms with Crippen LogP contribution in [0, 0.1) is 20.8 Å². The van der Waals surface area contributed by atoms with E-state index >= 15 is 0 Å². The molecule has 1 fully saturated rings. The third-order valence-corrected chi connectivity index (χ3v) is 6.80. The van der Waals surface area contributed by atoms with E-state index in [2.05, 4.69) is 65.6 Å². The lowest BCUT2D eigenvalue weighted by molar-refractivity contribution is 0.0644. The molecule has 0 radical (unpaired) electrons. The van der Waals surface area contributed by atoms with Crippen molar-refractivity contribution in [2.75, 3.05) is 6.54 Å². The number of aliphatic imine (C=N–C) groups is 1. The molecule has 2 heterocycles. The largest absolute Gasteiger partial charge is 0.332 e. The molecule has 0 N–H and O–H groups in total. The number of aromatic nitrogens is 1. The number of para-hydroxylation sites is 1. The smallest absolute Gasteiger partial charge is 0.256 e. The third-order valence-electron chi connectivity index (χ3n) is 6.80. The Morgan fingerprint density at radius 3 is 2.66 bits per heavy atom. The van der Waals surface area contributed by atoms with Gasteiger partial charge in [-0.1, -0.05) is 18.2 Å². The van der Waals surface area contributed by atoms with Crippen LogP contribution in [0.5, 0.6) is 0 Å². The van der Waals surface area contributed by atoms with Gasteiger partial charge in [0.15, 0.2) is 0 Å². The molecule has 5 rings (SSSR count). The highest BCUT2D eigenvalue weighted by atomic mass is 16.2. The molecule has 2 aliphatic carbocycles. The minimum Gasteiger partial charge on any atom is -0.332 e. The Bertz CT molecular complexity index is 1040. The fourth-order valence-electron chi connectivity index (χ4n) is 5.12. The summed E-state index contributed by atoms with van der Waals surface area (Å²) in [6.07, 6.45) is 7.44. The predicted molar refractivity (Wildman–Crippen MR) is 117 cm³/mol. The van der Waals surface area contributed by atoms with E-state index in [1.54, 1.807) is 0 Å². The van der Waals surface area contributed by atoms with Crippen molar-refractivity contribution in [2.24, 2.45) is 4.99 Å². The van der Waals surface area contributed by atoms with Gasteiger partial charge in [-0.25, -0.2) is 0 Å². The van der Waals surface area contributed by atoms with Gasteiger partial charge >= 0.3 is 0 Å². The van der Waals surface area contributed by atoms with Gasteiger partial charge in [0.05, 0.1) is 12.1 Å². The van der Waals surface area contributed by atoms with Crippen LogP contribution < -0.4 is 0 Å². The summed E-state index contributed by atoms with van der Waals surface area (Å²) in [6, 6.07) is 11.2. The van der Waals surface area contributed by atoms with Gasteiger partial charge in [0.1, 0.15) is 0 Å². The van der Waals surface area contributed by atoms with Crippen molar-refractivity contribution < 1.29 is 4.79 Å². The number of carbonyl (C=O) groups excluding carboxylic acids is 1. The Kier molecular flexibility index (Phi) is 4.45. The quantitative estimate of drug-likeness (QED) is 0.732. The zero-order chi connectivity index (χ0) is 20.1. The molecule has 1 amide bonds.